The number of unbranched alkanes of at least 4 members (excludes halogenated alkanes) is 15. The van der Waals surface area contributed by atoms with Gasteiger partial charge in [-0.1, -0.05) is 116 Å². The van der Waals surface area contributed by atoms with Crippen LogP contribution in [0.2, 0.25) is 0 Å². The number of carbonyl (C=O) groups is 2. The lowest BCUT2D eigenvalue weighted by atomic mass is 9.95. The average Bonchev–Trinajstić information content (AvgIpc) is 2.81. The van der Waals surface area contributed by atoms with Gasteiger partial charge in [-0.05, 0) is 51.5 Å². The fourth-order valence-corrected chi connectivity index (χ4v) is 4.03. The number of ketones is 1. The zero-order valence-electron chi connectivity index (χ0n) is 22.3. The monoisotopic (exact) mass is 462 g/mol. The van der Waals surface area contributed by atoms with Crippen LogP contribution in [0.5, 0.6) is 0 Å². The van der Waals surface area contributed by atoms with Gasteiger partial charge in [0.2, 0.25) is 0 Å². The molecule has 0 spiro atoms. The Morgan fingerprint density at radius 2 is 1.09 bits per heavy atom. The molecule has 0 aromatic carbocycles. The molecule has 0 aliphatic rings. The number of esters is 1. The zero-order chi connectivity index (χ0) is 24.4. The summed E-state index contributed by atoms with van der Waals surface area (Å²) in [6.45, 7) is 6.60. The van der Waals surface area contributed by atoms with Crippen molar-refractivity contribution in [3.63, 3.8) is 0 Å². The molecule has 0 heterocycles. The molecule has 0 N–H and O–H groups in total. The summed E-state index contributed by atoms with van der Waals surface area (Å²) in [6, 6.07) is 0. The number of hydrogen-bond donors (Lipinski definition) is 0. The zero-order valence-corrected chi connectivity index (χ0v) is 22.3. The smallest absolute Gasteiger partial charge is 0.316 e. The van der Waals surface area contributed by atoms with Crippen LogP contribution in [0, 0.1) is 5.92 Å². The molecule has 0 aromatic heterocycles. The first kappa shape index (κ1) is 31.6. The maximum Gasteiger partial charge on any atom is 0.316 e. The molecule has 0 saturated heterocycles. The molecule has 0 rings (SSSR count). The minimum atomic E-state index is -0.627. The van der Waals surface area contributed by atoms with Gasteiger partial charge in [-0.3, -0.25) is 9.59 Å². The molecule has 0 aliphatic carbocycles. The van der Waals surface area contributed by atoms with Crippen LogP contribution in [0.25, 0.3) is 0 Å². The Balaban J connectivity index is 4.04. The summed E-state index contributed by atoms with van der Waals surface area (Å²) in [5, 5.41) is 0. The van der Waals surface area contributed by atoms with Crippen LogP contribution < -0.4 is 0 Å². The first-order valence-corrected chi connectivity index (χ1v) is 14.2. The van der Waals surface area contributed by atoms with Crippen molar-refractivity contribution in [1.82, 2.24) is 0 Å². The molecular formula is C30H54O3. The van der Waals surface area contributed by atoms with Gasteiger partial charge in [-0.15, -0.1) is 0 Å². The predicted molar refractivity (Wildman–Crippen MR) is 142 cm³/mol. The third-order valence-corrected chi connectivity index (χ3v) is 6.18. The molecule has 0 amide bonds. The van der Waals surface area contributed by atoms with Crippen LogP contribution in [-0.4, -0.2) is 18.4 Å². The van der Waals surface area contributed by atoms with Gasteiger partial charge < -0.3 is 4.74 Å². The average molecular weight is 463 g/mol. The third kappa shape index (κ3) is 20.9. The number of carbonyl (C=O) groups excluding carboxylic acids is 2. The number of rotatable bonds is 24. The molecule has 0 saturated carbocycles. The summed E-state index contributed by atoms with van der Waals surface area (Å²) in [5.74, 6) is -1.06. The Labute approximate surface area is 205 Å². The normalized spacial score (nSPS) is 12.6. The second-order valence-electron chi connectivity index (χ2n) is 9.33. The maximum atomic E-state index is 12.6. The Bertz CT molecular complexity index is 507. The lowest BCUT2D eigenvalue weighted by molar-refractivity contribution is -0.150. The molecular weight excluding hydrogens is 408 g/mol. The Kier molecular flexibility index (Phi) is 24.2. The van der Waals surface area contributed by atoms with Crippen LogP contribution in [0.4, 0.5) is 0 Å². The van der Waals surface area contributed by atoms with Gasteiger partial charge in [-0.2, -0.15) is 0 Å². The van der Waals surface area contributed by atoms with E-state index in [2.05, 4.69) is 26.0 Å². The van der Waals surface area contributed by atoms with Crippen LogP contribution in [0.1, 0.15) is 143 Å². The highest BCUT2D eigenvalue weighted by Crippen LogP contribution is 2.16. The van der Waals surface area contributed by atoms with E-state index in [4.69, 9.17) is 4.74 Å². The number of hydrogen-bond acceptors (Lipinski definition) is 3. The van der Waals surface area contributed by atoms with Crippen molar-refractivity contribution >= 4 is 11.8 Å². The first-order valence-electron chi connectivity index (χ1n) is 14.2. The molecule has 3 heteroatoms. The standard InChI is InChI=1S/C30H54O3/c1-4-7-9-11-13-15-17-19-21-23-25-27-29(31)28(30(32)33-6-3)26-24-22-20-18-16-14-12-10-8-5-2/h12,14,25,27-28H,4-11,13,15-24,26H2,1-3H3/b14-12-,27-25?. The van der Waals surface area contributed by atoms with Crippen LogP contribution in [0.3, 0.4) is 0 Å². The van der Waals surface area contributed by atoms with E-state index in [1.165, 1.54) is 77.0 Å². The molecule has 0 radical (unpaired) electrons. The van der Waals surface area contributed by atoms with Gasteiger partial charge >= 0.3 is 5.97 Å². The lowest BCUT2D eigenvalue weighted by Gasteiger charge is -2.12. The lowest BCUT2D eigenvalue weighted by Crippen LogP contribution is -2.25. The summed E-state index contributed by atoms with van der Waals surface area (Å²) in [5.41, 5.74) is 0. The van der Waals surface area contributed by atoms with Gasteiger partial charge in [-0.25, -0.2) is 0 Å². The van der Waals surface area contributed by atoms with Crippen molar-refractivity contribution in [3.8, 4) is 0 Å². The first-order chi connectivity index (χ1) is 16.2. The van der Waals surface area contributed by atoms with E-state index in [9.17, 15) is 9.59 Å². The van der Waals surface area contributed by atoms with E-state index < -0.39 is 5.92 Å². The molecule has 1 unspecified atom stereocenters. The van der Waals surface area contributed by atoms with Crippen molar-refractivity contribution in [2.24, 2.45) is 5.92 Å². The van der Waals surface area contributed by atoms with Gasteiger partial charge in [0.1, 0.15) is 5.92 Å². The third-order valence-electron chi connectivity index (χ3n) is 6.18. The van der Waals surface area contributed by atoms with Crippen molar-refractivity contribution in [3.05, 3.63) is 24.3 Å². The van der Waals surface area contributed by atoms with E-state index in [-0.39, 0.29) is 11.8 Å². The minimum Gasteiger partial charge on any atom is -0.465 e. The minimum absolute atomic E-state index is 0.0803. The topological polar surface area (TPSA) is 43.4 Å². The molecule has 0 aliphatic heterocycles. The molecule has 1 atom stereocenters. The second-order valence-corrected chi connectivity index (χ2v) is 9.33. The summed E-state index contributed by atoms with van der Waals surface area (Å²) >= 11 is 0. The SMILES string of the molecule is CCCC/C=C\CCCCCCC(C(=O)C=CCCCCCCCCCCC)C(=O)OCC. The Hall–Kier alpha value is -1.38. The second kappa shape index (κ2) is 25.2. The predicted octanol–water partition coefficient (Wildman–Crippen LogP) is 9.30. The maximum absolute atomic E-state index is 12.6. The van der Waals surface area contributed by atoms with Crippen molar-refractivity contribution in [1.29, 1.82) is 0 Å². The highest BCUT2D eigenvalue weighted by atomic mass is 16.5. The highest BCUT2D eigenvalue weighted by molar-refractivity contribution is 6.04. The molecule has 33 heavy (non-hydrogen) atoms. The number of allylic oxidation sites excluding steroid dienone is 4. The van der Waals surface area contributed by atoms with E-state index in [1.807, 2.05) is 6.08 Å². The molecule has 0 bridgehead atoms. The molecule has 192 valence electrons. The van der Waals surface area contributed by atoms with Gasteiger partial charge in [0.05, 0.1) is 6.61 Å². The van der Waals surface area contributed by atoms with Crippen molar-refractivity contribution < 1.29 is 14.3 Å². The summed E-state index contributed by atoms with van der Waals surface area (Å²) < 4.78 is 5.17. The van der Waals surface area contributed by atoms with E-state index >= 15 is 0 Å². The van der Waals surface area contributed by atoms with E-state index in [0.29, 0.717) is 13.0 Å². The van der Waals surface area contributed by atoms with E-state index in [0.717, 1.165) is 38.5 Å². The Morgan fingerprint density at radius 1 is 0.606 bits per heavy atom. The van der Waals surface area contributed by atoms with Crippen molar-refractivity contribution in [2.45, 2.75) is 143 Å². The number of ether oxygens (including phenoxy) is 1. The Morgan fingerprint density at radius 3 is 1.67 bits per heavy atom. The molecule has 0 fully saturated rings. The van der Waals surface area contributed by atoms with Crippen LogP contribution >= 0.6 is 0 Å². The molecule has 0 aromatic rings. The molecule has 3 nitrogen and oxygen atoms in total. The van der Waals surface area contributed by atoms with Gasteiger partial charge in [0, 0.05) is 0 Å². The van der Waals surface area contributed by atoms with E-state index in [1.54, 1.807) is 13.0 Å². The van der Waals surface area contributed by atoms with Crippen LogP contribution in [0.15, 0.2) is 24.3 Å². The summed E-state index contributed by atoms with van der Waals surface area (Å²) in [6.07, 6.45) is 30.6. The highest BCUT2D eigenvalue weighted by Gasteiger charge is 2.25. The fourth-order valence-electron chi connectivity index (χ4n) is 4.03. The largest absolute Gasteiger partial charge is 0.465 e. The van der Waals surface area contributed by atoms with Gasteiger partial charge in [0.25, 0.3) is 0 Å². The fraction of sp³-hybridized carbons (Fsp3) is 0.800. The van der Waals surface area contributed by atoms with Gasteiger partial charge in [0.15, 0.2) is 5.78 Å². The van der Waals surface area contributed by atoms with Crippen molar-refractivity contribution in [2.75, 3.05) is 6.61 Å². The summed E-state index contributed by atoms with van der Waals surface area (Å²) in [4.78, 5) is 24.9. The van der Waals surface area contributed by atoms with Crippen LogP contribution in [-0.2, 0) is 14.3 Å². The quantitative estimate of drug-likeness (QED) is 0.0472. The summed E-state index contributed by atoms with van der Waals surface area (Å²) in [7, 11) is 0.